The quantitative estimate of drug-likeness (QED) is 0.226. The summed E-state index contributed by atoms with van der Waals surface area (Å²) in [5.74, 6) is 6.05. The molecule has 144 valence electrons. The van der Waals surface area contributed by atoms with E-state index >= 15 is 0 Å². The van der Waals surface area contributed by atoms with Crippen LogP contribution in [0.1, 0.15) is 5.56 Å². The zero-order valence-corrected chi connectivity index (χ0v) is 16.7. The number of benzene rings is 2. The first-order chi connectivity index (χ1) is 13.5. The Balaban J connectivity index is 1.53. The summed E-state index contributed by atoms with van der Waals surface area (Å²) in [6, 6.07) is 14.1. The molecule has 1 heterocycles. The monoisotopic (exact) mass is 435 g/mol. The number of halogens is 2. The number of thioether (sulfide) groups is 1. The second-order valence-corrected chi connectivity index (χ2v) is 7.26. The van der Waals surface area contributed by atoms with Crippen LogP contribution in [0.25, 0.3) is 0 Å². The van der Waals surface area contributed by atoms with Crippen molar-refractivity contribution >= 4 is 58.7 Å². The van der Waals surface area contributed by atoms with Crippen LogP contribution in [0.15, 0.2) is 58.8 Å². The van der Waals surface area contributed by atoms with Gasteiger partial charge in [-0.3, -0.25) is 4.79 Å². The fourth-order valence-electron chi connectivity index (χ4n) is 2.10. The molecule has 0 saturated heterocycles. The zero-order valence-electron chi connectivity index (χ0n) is 14.3. The van der Waals surface area contributed by atoms with Crippen LogP contribution in [0.2, 0.25) is 10.0 Å². The molecule has 0 aliphatic carbocycles. The Morgan fingerprint density at radius 3 is 2.68 bits per heavy atom. The molecular formula is C17H15Cl2N7OS. The molecule has 2 aromatic carbocycles. The second kappa shape index (κ2) is 9.45. The number of nitrogen functional groups attached to an aromatic ring is 1. The number of nitrogens with zero attached hydrogens (tertiary/aromatic N) is 4. The van der Waals surface area contributed by atoms with Crippen LogP contribution < -0.4 is 16.6 Å². The molecular weight excluding hydrogens is 421 g/mol. The molecule has 3 rings (SSSR count). The van der Waals surface area contributed by atoms with Crippen molar-refractivity contribution in [2.24, 2.45) is 5.10 Å². The minimum Gasteiger partial charge on any atom is -0.334 e. The number of carbonyl (C=O) groups is 1. The van der Waals surface area contributed by atoms with Crippen LogP contribution in [0.4, 0.5) is 11.6 Å². The summed E-state index contributed by atoms with van der Waals surface area (Å²) in [6.07, 6.45) is 1.58. The molecule has 1 amide bonds. The Labute approximate surface area is 175 Å². The van der Waals surface area contributed by atoms with Crippen molar-refractivity contribution in [3.05, 3.63) is 64.1 Å². The number of nitrogens with one attached hydrogen (secondary N) is 2. The highest BCUT2D eigenvalue weighted by Gasteiger charge is 2.12. The summed E-state index contributed by atoms with van der Waals surface area (Å²) in [7, 11) is 0. The third-order valence-electron chi connectivity index (χ3n) is 3.33. The maximum Gasteiger partial charge on any atom is 0.264 e. The summed E-state index contributed by atoms with van der Waals surface area (Å²) in [5, 5.41) is 16.2. The maximum atomic E-state index is 12.0. The predicted octanol–water partition coefficient (Wildman–Crippen LogP) is 3.48. The normalized spacial score (nSPS) is 10.9. The van der Waals surface area contributed by atoms with Gasteiger partial charge in [0.2, 0.25) is 11.1 Å². The minimum absolute atomic E-state index is 0.105. The van der Waals surface area contributed by atoms with E-state index in [1.54, 1.807) is 42.6 Å². The number of aromatic nitrogens is 3. The third kappa shape index (κ3) is 5.62. The summed E-state index contributed by atoms with van der Waals surface area (Å²) in [4.78, 5) is 12.0. The van der Waals surface area contributed by atoms with E-state index < -0.39 is 0 Å². The average molecular weight is 436 g/mol. The van der Waals surface area contributed by atoms with Gasteiger partial charge in [-0.15, -0.1) is 10.2 Å². The van der Waals surface area contributed by atoms with Gasteiger partial charge in [0.15, 0.2) is 0 Å². The van der Waals surface area contributed by atoms with Gasteiger partial charge in [0.25, 0.3) is 5.95 Å². The largest absolute Gasteiger partial charge is 0.334 e. The Bertz CT molecular complexity index is 1010. The van der Waals surface area contributed by atoms with Crippen LogP contribution in [0, 0.1) is 0 Å². The molecule has 28 heavy (non-hydrogen) atoms. The number of rotatable bonds is 7. The van der Waals surface area contributed by atoms with Crippen LogP contribution in [0.3, 0.4) is 0 Å². The first-order valence-corrected chi connectivity index (χ1v) is 9.69. The van der Waals surface area contributed by atoms with E-state index in [0.717, 1.165) is 17.3 Å². The molecule has 0 aliphatic heterocycles. The molecule has 0 radical (unpaired) electrons. The molecule has 0 atom stereocenters. The molecule has 0 aliphatic rings. The lowest BCUT2D eigenvalue weighted by Gasteiger charge is -2.05. The van der Waals surface area contributed by atoms with Crippen molar-refractivity contribution < 1.29 is 4.79 Å². The van der Waals surface area contributed by atoms with Crippen molar-refractivity contribution in [2.45, 2.75) is 5.16 Å². The van der Waals surface area contributed by atoms with Gasteiger partial charge in [-0.1, -0.05) is 53.2 Å². The van der Waals surface area contributed by atoms with Gasteiger partial charge < -0.3 is 11.2 Å². The Morgan fingerprint density at radius 2 is 1.93 bits per heavy atom. The Morgan fingerprint density at radius 1 is 1.18 bits per heavy atom. The van der Waals surface area contributed by atoms with Gasteiger partial charge in [-0.25, -0.2) is 10.1 Å². The van der Waals surface area contributed by atoms with E-state index in [1.165, 1.54) is 4.68 Å². The van der Waals surface area contributed by atoms with Crippen LogP contribution in [0.5, 0.6) is 0 Å². The number of amides is 1. The highest BCUT2D eigenvalue weighted by atomic mass is 35.5. The molecule has 0 fully saturated rings. The number of hydrogen-bond donors (Lipinski definition) is 3. The van der Waals surface area contributed by atoms with E-state index in [-0.39, 0.29) is 17.6 Å². The number of hydrogen-bond acceptors (Lipinski definition) is 7. The fraction of sp³-hybridized carbons (Fsp3) is 0.0588. The van der Waals surface area contributed by atoms with E-state index in [9.17, 15) is 4.79 Å². The lowest BCUT2D eigenvalue weighted by atomic mass is 10.2. The molecule has 0 spiro atoms. The minimum atomic E-state index is -0.219. The average Bonchev–Trinajstić information content (AvgIpc) is 3.00. The molecule has 0 unspecified atom stereocenters. The van der Waals surface area contributed by atoms with Gasteiger partial charge >= 0.3 is 0 Å². The number of anilines is 2. The van der Waals surface area contributed by atoms with Crippen molar-refractivity contribution in [2.75, 3.05) is 22.3 Å². The molecule has 11 heteroatoms. The lowest BCUT2D eigenvalue weighted by Crippen LogP contribution is -2.16. The molecule has 8 nitrogen and oxygen atoms in total. The molecule has 3 aromatic rings. The van der Waals surface area contributed by atoms with Gasteiger partial charge in [-0.05, 0) is 35.9 Å². The molecule has 0 saturated carbocycles. The summed E-state index contributed by atoms with van der Waals surface area (Å²) in [6.45, 7) is 0. The van der Waals surface area contributed by atoms with E-state index in [4.69, 9.17) is 29.0 Å². The standard InChI is InChI=1S/C17H15Cl2N7OS/c18-12-4-1-3-11(7-12)9-21-23-16-24-25-17(26(16)20)28-10-15(27)22-14-6-2-5-13(19)8-14/h1-9H,10,20H2,(H,22,27)(H,23,24)/b21-9+. The van der Waals surface area contributed by atoms with Gasteiger partial charge in [-0.2, -0.15) is 5.10 Å². The van der Waals surface area contributed by atoms with E-state index in [0.29, 0.717) is 20.9 Å². The SMILES string of the molecule is Nn1c(N/N=C/c2cccc(Cl)c2)nnc1SCC(=O)Nc1cccc(Cl)c1. The van der Waals surface area contributed by atoms with Crippen molar-refractivity contribution in [3.63, 3.8) is 0 Å². The summed E-state index contributed by atoms with van der Waals surface area (Å²) < 4.78 is 1.21. The Kier molecular flexibility index (Phi) is 6.75. The first-order valence-electron chi connectivity index (χ1n) is 7.94. The van der Waals surface area contributed by atoms with Crippen LogP contribution in [-0.4, -0.2) is 32.7 Å². The zero-order chi connectivity index (χ0) is 19.9. The smallest absolute Gasteiger partial charge is 0.264 e. The number of hydrazone groups is 1. The van der Waals surface area contributed by atoms with E-state index in [2.05, 4.69) is 26.0 Å². The first kappa shape index (κ1) is 20.0. The van der Waals surface area contributed by atoms with Crippen molar-refractivity contribution in [3.8, 4) is 0 Å². The van der Waals surface area contributed by atoms with Gasteiger partial charge in [0.05, 0.1) is 12.0 Å². The highest BCUT2D eigenvalue weighted by Crippen LogP contribution is 2.19. The number of carbonyl (C=O) groups excluding carboxylic acids is 1. The lowest BCUT2D eigenvalue weighted by molar-refractivity contribution is -0.113. The van der Waals surface area contributed by atoms with Crippen LogP contribution in [-0.2, 0) is 4.79 Å². The Hall–Kier alpha value is -2.75. The van der Waals surface area contributed by atoms with Crippen molar-refractivity contribution in [1.29, 1.82) is 0 Å². The fourth-order valence-corrected chi connectivity index (χ4v) is 3.14. The molecule has 1 aromatic heterocycles. The van der Waals surface area contributed by atoms with Crippen molar-refractivity contribution in [1.82, 2.24) is 14.9 Å². The molecule has 0 bridgehead atoms. The topological polar surface area (TPSA) is 110 Å². The summed E-state index contributed by atoms with van der Waals surface area (Å²) >= 11 is 13.0. The third-order valence-corrected chi connectivity index (χ3v) is 4.75. The van der Waals surface area contributed by atoms with Gasteiger partial charge in [0.1, 0.15) is 0 Å². The van der Waals surface area contributed by atoms with Crippen LogP contribution >= 0.6 is 35.0 Å². The highest BCUT2D eigenvalue weighted by molar-refractivity contribution is 7.99. The van der Waals surface area contributed by atoms with E-state index in [1.807, 2.05) is 12.1 Å². The second-order valence-electron chi connectivity index (χ2n) is 5.45. The predicted molar refractivity (Wildman–Crippen MR) is 114 cm³/mol. The van der Waals surface area contributed by atoms with Gasteiger partial charge in [0, 0.05) is 15.7 Å². The summed E-state index contributed by atoms with van der Waals surface area (Å²) in [5.41, 5.74) is 4.13. The molecule has 4 N–H and O–H groups in total. The maximum absolute atomic E-state index is 12.0. The number of nitrogens with two attached hydrogens (primary N) is 1.